The standard InChI is InChI=1S/C17H13F3N2O/c1-23-16-10-4-13(5-11-16)3-2-12-21-22-15-8-6-14(7-9-15)17(18,19)20/h4-12,22H,1H3/b21-12-. The molecule has 2 rings (SSSR count). The molecular weight excluding hydrogens is 305 g/mol. The molecule has 0 spiro atoms. The Hall–Kier alpha value is -2.94. The van der Waals surface area contributed by atoms with Crippen LogP contribution in [-0.4, -0.2) is 13.3 Å². The number of methoxy groups -OCH3 is 1. The number of hydrazone groups is 1. The first-order valence-electron chi connectivity index (χ1n) is 6.59. The largest absolute Gasteiger partial charge is 0.497 e. The fourth-order valence-electron chi connectivity index (χ4n) is 1.66. The van der Waals surface area contributed by atoms with Gasteiger partial charge in [0.15, 0.2) is 0 Å². The molecule has 0 saturated heterocycles. The summed E-state index contributed by atoms with van der Waals surface area (Å²) in [5, 5.41) is 3.83. The van der Waals surface area contributed by atoms with Crippen LogP contribution >= 0.6 is 0 Å². The fraction of sp³-hybridized carbons (Fsp3) is 0.118. The summed E-state index contributed by atoms with van der Waals surface area (Å²) in [6.45, 7) is 0. The molecule has 2 aromatic carbocycles. The van der Waals surface area contributed by atoms with Gasteiger partial charge in [-0.25, -0.2) is 0 Å². The van der Waals surface area contributed by atoms with Crippen molar-refractivity contribution in [3.05, 3.63) is 59.7 Å². The summed E-state index contributed by atoms with van der Waals surface area (Å²) in [5.41, 5.74) is 3.15. The highest BCUT2D eigenvalue weighted by atomic mass is 19.4. The Morgan fingerprint density at radius 1 is 1.04 bits per heavy atom. The average Bonchev–Trinajstić information content (AvgIpc) is 2.55. The van der Waals surface area contributed by atoms with E-state index in [1.54, 1.807) is 19.2 Å². The Balaban J connectivity index is 1.91. The van der Waals surface area contributed by atoms with Crippen LogP contribution in [0, 0.1) is 11.8 Å². The van der Waals surface area contributed by atoms with Gasteiger partial charge < -0.3 is 4.74 Å². The first kappa shape index (κ1) is 16.4. The number of ether oxygens (including phenoxy) is 1. The lowest BCUT2D eigenvalue weighted by Crippen LogP contribution is -2.04. The van der Waals surface area contributed by atoms with Crippen LogP contribution in [0.4, 0.5) is 18.9 Å². The molecule has 118 valence electrons. The van der Waals surface area contributed by atoms with E-state index in [-0.39, 0.29) is 0 Å². The molecule has 0 unspecified atom stereocenters. The van der Waals surface area contributed by atoms with Gasteiger partial charge in [0.05, 0.1) is 24.6 Å². The molecule has 3 nitrogen and oxygen atoms in total. The van der Waals surface area contributed by atoms with Crippen molar-refractivity contribution < 1.29 is 17.9 Å². The maximum absolute atomic E-state index is 12.4. The molecule has 0 bridgehead atoms. The van der Waals surface area contributed by atoms with Gasteiger partial charge >= 0.3 is 6.18 Å². The predicted octanol–water partition coefficient (Wildman–Crippen LogP) is 4.16. The molecule has 0 heterocycles. The van der Waals surface area contributed by atoms with Gasteiger partial charge in [-0.15, -0.1) is 0 Å². The van der Waals surface area contributed by atoms with Crippen molar-refractivity contribution in [3.63, 3.8) is 0 Å². The highest BCUT2D eigenvalue weighted by Gasteiger charge is 2.29. The minimum atomic E-state index is -4.34. The van der Waals surface area contributed by atoms with Crippen LogP contribution in [0.2, 0.25) is 0 Å². The number of nitrogens with zero attached hydrogens (tertiary/aromatic N) is 1. The number of nitrogens with one attached hydrogen (secondary N) is 1. The van der Waals surface area contributed by atoms with E-state index in [1.165, 1.54) is 18.3 Å². The Kier molecular flexibility index (Phi) is 5.26. The van der Waals surface area contributed by atoms with Gasteiger partial charge in [0, 0.05) is 5.56 Å². The molecule has 0 aliphatic carbocycles. The van der Waals surface area contributed by atoms with E-state index in [1.807, 2.05) is 12.1 Å². The summed E-state index contributed by atoms with van der Waals surface area (Å²) in [7, 11) is 1.58. The van der Waals surface area contributed by atoms with Crippen molar-refractivity contribution in [1.29, 1.82) is 0 Å². The minimum Gasteiger partial charge on any atom is -0.497 e. The van der Waals surface area contributed by atoms with Crippen LogP contribution in [0.15, 0.2) is 53.6 Å². The Bertz CT molecular complexity index is 724. The zero-order chi connectivity index (χ0) is 16.7. The highest BCUT2D eigenvalue weighted by molar-refractivity contribution is 5.79. The van der Waals surface area contributed by atoms with Crippen LogP contribution < -0.4 is 10.2 Å². The number of alkyl halides is 3. The van der Waals surface area contributed by atoms with Crippen LogP contribution in [-0.2, 0) is 6.18 Å². The van der Waals surface area contributed by atoms with Crippen LogP contribution in [0.25, 0.3) is 0 Å². The molecular formula is C17H13F3N2O. The fourth-order valence-corrected chi connectivity index (χ4v) is 1.66. The third-order valence-corrected chi connectivity index (χ3v) is 2.84. The van der Waals surface area contributed by atoms with E-state index in [0.29, 0.717) is 5.69 Å². The molecule has 1 N–H and O–H groups in total. The maximum atomic E-state index is 12.4. The Labute approximate surface area is 131 Å². The number of hydrogen-bond donors (Lipinski definition) is 1. The number of halogens is 3. The van der Waals surface area contributed by atoms with Gasteiger partial charge in [0.25, 0.3) is 0 Å². The second-order valence-electron chi connectivity index (χ2n) is 4.44. The maximum Gasteiger partial charge on any atom is 0.416 e. The van der Waals surface area contributed by atoms with Crippen LogP contribution in [0.5, 0.6) is 5.75 Å². The van der Waals surface area contributed by atoms with Gasteiger partial charge in [-0.3, -0.25) is 5.43 Å². The summed E-state index contributed by atoms with van der Waals surface area (Å²) in [6.07, 6.45) is -3.01. The van der Waals surface area contributed by atoms with Gasteiger partial charge in [0.1, 0.15) is 5.75 Å². The number of hydrogen-bond acceptors (Lipinski definition) is 3. The normalized spacial score (nSPS) is 11.0. The summed E-state index contributed by atoms with van der Waals surface area (Å²) in [5.74, 6) is 6.33. The molecule has 0 radical (unpaired) electrons. The molecule has 0 saturated carbocycles. The van der Waals surface area contributed by atoms with Gasteiger partial charge in [-0.2, -0.15) is 18.3 Å². The average molecular weight is 318 g/mol. The van der Waals surface area contributed by atoms with Crippen molar-refractivity contribution in [2.45, 2.75) is 6.18 Å². The van der Waals surface area contributed by atoms with Crippen molar-refractivity contribution in [1.82, 2.24) is 0 Å². The summed E-state index contributed by atoms with van der Waals surface area (Å²) < 4.78 is 42.2. The molecule has 23 heavy (non-hydrogen) atoms. The number of rotatable bonds is 3. The van der Waals surface area contributed by atoms with E-state index >= 15 is 0 Å². The van der Waals surface area contributed by atoms with Crippen LogP contribution in [0.1, 0.15) is 11.1 Å². The second kappa shape index (κ2) is 7.36. The van der Waals surface area contributed by atoms with Crippen molar-refractivity contribution in [2.24, 2.45) is 5.10 Å². The Morgan fingerprint density at radius 2 is 1.70 bits per heavy atom. The van der Waals surface area contributed by atoms with Gasteiger partial charge in [-0.1, -0.05) is 5.92 Å². The van der Waals surface area contributed by atoms with Gasteiger partial charge in [0.2, 0.25) is 0 Å². The lowest BCUT2D eigenvalue weighted by molar-refractivity contribution is -0.137. The van der Waals surface area contributed by atoms with E-state index in [9.17, 15) is 13.2 Å². The summed E-state index contributed by atoms with van der Waals surface area (Å²) >= 11 is 0. The monoisotopic (exact) mass is 318 g/mol. The van der Waals surface area contributed by atoms with E-state index < -0.39 is 11.7 Å². The topological polar surface area (TPSA) is 33.6 Å². The lowest BCUT2D eigenvalue weighted by atomic mass is 10.2. The van der Waals surface area contributed by atoms with Crippen molar-refractivity contribution in [2.75, 3.05) is 12.5 Å². The third kappa shape index (κ3) is 5.08. The lowest BCUT2D eigenvalue weighted by Gasteiger charge is -2.06. The summed E-state index contributed by atoms with van der Waals surface area (Å²) in [6, 6.07) is 11.8. The van der Waals surface area contributed by atoms with Crippen molar-refractivity contribution in [3.8, 4) is 17.6 Å². The first-order valence-corrected chi connectivity index (χ1v) is 6.59. The first-order chi connectivity index (χ1) is 11.0. The second-order valence-corrected chi connectivity index (χ2v) is 4.44. The minimum absolute atomic E-state index is 0.445. The predicted molar refractivity (Wildman–Crippen MR) is 83.4 cm³/mol. The van der Waals surface area contributed by atoms with E-state index in [0.717, 1.165) is 23.4 Å². The number of anilines is 1. The third-order valence-electron chi connectivity index (χ3n) is 2.84. The molecule has 0 amide bonds. The molecule has 0 aromatic heterocycles. The molecule has 6 heteroatoms. The van der Waals surface area contributed by atoms with E-state index in [2.05, 4.69) is 22.4 Å². The molecule has 0 aliphatic rings. The van der Waals surface area contributed by atoms with E-state index in [4.69, 9.17) is 4.74 Å². The zero-order valence-electron chi connectivity index (χ0n) is 12.2. The molecule has 0 aliphatic heterocycles. The van der Waals surface area contributed by atoms with Crippen LogP contribution in [0.3, 0.4) is 0 Å². The van der Waals surface area contributed by atoms with Crippen molar-refractivity contribution >= 4 is 11.9 Å². The Morgan fingerprint density at radius 3 is 2.26 bits per heavy atom. The molecule has 0 atom stereocenters. The SMILES string of the molecule is COc1ccc(C#C/C=N\Nc2ccc(C(F)(F)F)cc2)cc1. The number of benzene rings is 2. The summed E-state index contributed by atoms with van der Waals surface area (Å²) in [4.78, 5) is 0. The van der Waals surface area contributed by atoms with Gasteiger partial charge in [-0.05, 0) is 54.5 Å². The highest BCUT2D eigenvalue weighted by Crippen LogP contribution is 2.29. The molecule has 2 aromatic rings. The molecule has 0 fully saturated rings. The zero-order valence-corrected chi connectivity index (χ0v) is 12.2. The smallest absolute Gasteiger partial charge is 0.416 e. The quantitative estimate of drug-likeness (QED) is 0.524.